The van der Waals surface area contributed by atoms with E-state index in [-0.39, 0.29) is 18.4 Å². The van der Waals surface area contributed by atoms with E-state index in [9.17, 15) is 9.59 Å². The van der Waals surface area contributed by atoms with Crippen molar-refractivity contribution in [2.24, 2.45) is 0 Å². The van der Waals surface area contributed by atoms with Crippen LogP contribution in [-0.2, 0) is 14.4 Å². The van der Waals surface area contributed by atoms with Crippen LogP contribution in [0, 0.1) is 0 Å². The van der Waals surface area contributed by atoms with Crippen molar-refractivity contribution in [2.75, 3.05) is 20.2 Å². The highest BCUT2D eigenvalue weighted by atomic mass is 16.7. The van der Waals surface area contributed by atoms with Crippen LogP contribution in [0.2, 0.25) is 0 Å². The molecule has 3 N–H and O–H groups in total. The Kier molecular flexibility index (Phi) is 3.66. The fourth-order valence-electron chi connectivity index (χ4n) is 0.955. The average molecular weight is 187 g/mol. The zero-order valence-corrected chi connectivity index (χ0v) is 7.42. The molecule has 0 aromatic rings. The normalized spacial score (nSPS) is 21.3. The van der Waals surface area contributed by atoms with Gasteiger partial charge >= 0.3 is 0 Å². The fourth-order valence-corrected chi connectivity index (χ4v) is 0.955. The summed E-state index contributed by atoms with van der Waals surface area (Å²) in [5.74, 6) is -0.446. The molecule has 0 aliphatic carbocycles. The lowest BCUT2D eigenvalue weighted by Crippen LogP contribution is -2.42. The van der Waals surface area contributed by atoms with E-state index in [2.05, 4.69) is 21.0 Å². The number of carbonyl (C=O) groups is 2. The summed E-state index contributed by atoms with van der Waals surface area (Å²) >= 11 is 0. The molecule has 0 radical (unpaired) electrons. The van der Waals surface area contributed by atoms with Crippen LogP contribution in [0.5, 0.6) is 0 Å². The third-order valence-corrected chi connectivity index (χ3v) is 1.68. The zero-order chi connectivity index (χ0) is 9.68. The van der Waals surface area contributed by atoms with Gasteiger partial charge in [-0.15, -0.1) is 0 Å². The number of carbonyl (C=O) groups excluding carboxylic acids is 2. The van der Waals surface area contributed by atoms with Crippen molar-refractivity contribution in [3.8, 4) is 0 Å². The molecule has 74 valence electrons. The van der Waals surface area contributed by atoms with Gasteiger partial charge in [0, 0.05) is 13.0 Å². The third kappa shape index (κ3) is 3.00. The van der Waals surface area contributed by atoms with Gasteiger partial charge in [0.05, 0.1) is 0 Å². The molecule has 1 atom stereocenters. The van der Waals surface area contributed by atoms with Gasteiger partial charge in [0.2, 0.25) is 5.91 Å². The Hall–Kier alpha value is -1.14. The molecule has 0 aromatic carbocycles. The van der Waals surface area contributed by atoms with Crippen LogP contribution in [0.3, 0.4) is 0 Å². The molecule has 0 aromatic heterocycles. The van der Waals surface area contributed by atoms with E-state index in [1.165, 1.54) is 0 Å². The van der Waals surface area contributed by atoms with Gasteiger partial charge in [-0.05, 0) is 7.05 Å². The lowest BCUT2D eigenvalue weighted by atomic mass is 10.3. The summed E-state index contributed by atoms with van der Waals surface area (Å²) < 4.78 is 0. The third-order valence-electron chi connectivity index (χ3n) is 1.68. The van der Waals surface area contributed by atoms with Gasteiger partial charge in [-0.3, -0.25) is 14.4 Å². The van der Waals surface area contributed by atoms with Crippen LogP contribution in [0.15, 0.2) is 0 Å². The summed E-state index contributed by atoms with van der Waals surface area (Å²) in [6.07, 6.45) is 0.361. The summed E-state index contributed by atoms with van der Waals surface area (Å²) in [4.78, 5) is 26.7. The molecule has 0 unspecified atom stereocenters. The predicted molar refractivity (Wildman–Crippen MR) is 44.6 cm³/mol. The molecule has 2 amide bonds. The molecular formula is C7H13N3O3. The number of rotatable bonds is 4. The van der Waals surface area contributed by atoms with E-state index in [1.54, 1.807) is 7.05 Å². The maximum atomic E-state index is 11.1. The molecule has 1 aliphatic rings. The largest absolute Gasteiger partial charge is 0.342 e. The lowest BCUT2D eigenvalue weighted by molar-refractivity contribution is -0.128. The first-order valence-corrected chi connectivity index (χ1v) is 4.09. The highest BCUT2D eigenvalue weighted by Crippen LogP contribution is 1.94. The van der Waals surface area contributed by atoms with E-state index < -0.39 is 6.04 Å². The summed E-state index contributed by atoms with van der Waals surface area (Å²) in [5, 5.41) is 5.39. The van der Waals surface area contributed by atoms with E-state index in [4.69, 9.17) is 0 Å². The Labute approximate surface area is 76.0 Å². The Balaban J connectivity index is 2.23. The molecular weight excluding hydrogens is 174 g/mol. The number of amides is 2. The van der Waals surface area contributed by atoms with Crippen LogP contribution in [-0.4, -0.2) is 38.1 Å². The first-order chi connectivity index (χ1) is 6.24. The predicted octanol–water partition coefficient (Wildman–Crippen LogP) is -1.86. The monoisotopic (exact) mass is 187 g/mol. The first-order valence-electron chi connectivity index (χ1n) is 4.09. The highest BCUT2D eigenvalue weighted by molar-refractivity contribution is 5.88. The molecule has 1 aliphatic heterocycles. The first kappa shape index (κ1) is 9.94. The van der Waals surface area contributed by atoms with Gasteiger partial charge in [-0.25, -0.2) is 5.48 Å². The van der Waals surface area contributed by atoms with E-state index in [0.29, 0.717) is 13.0 Å². The summed E-state index contributed by atoms with van der Waals surface area (Å²) in [7, 11) is 1.76. The zero-order valence-electron chi connectivity index (χ0n) is 7.42. The van der Waals surface area contributed by atoms with Gasteiger partial charge in [0.1, 0.15) is 12.6 Å². The molecule has 1 heterocycles. The topological polar surface area (TPSA) is 79.5 Å². The Bertz CT molecular complexity index is 207. The van der Waals surface area contributed by atoms with Gasteiger partial charge < -0.3 is 10.6 Å². The van der Waals surface area contributed by atoms with Crippen molar-refractivity contribution < 1.29 is 14.4 Å². The minimum absolute atomic E-state index is 0.153. The van der Waals surface area contributed by atoms with Crippen LogP contribution in [0.25, 0.3) is 0 Å². The van der Waals surface area contributed by atoms with Crippen LogP contribution in [0.1, 0.15) is 6.42 Å². The minimum Gasteiger partial charge on any atom is -0.342 e. The van der Waals surface area contributed by atoms with Gasteiger partial charge in [-0.1, -0.05) is 0 Å². The van der Waals surface area contributed by atoms with Crippen molar-refractivity contribution in [3.63, 3.8) is 0 Å². The second kappa shape index (κ2) is 4.78. The number of hydrogen-bond acceptors (Lipinski definition) is 4. The SMILES string of the molecule is CNCCC(=O)N[C@@H]1CONC1=O. The highest BCUT2D eigenvalue weighted by Gasteiger charge is 2.26. The maximum absolute atomic E-state index is 11.1. The summed E-state index contributed by atoms with van der Waals surface area (Å²) in [6, 6.07) is -0.538. The molecule has 0 saturated carbocycles. The number of hydrogen-bond donors (Lipinski definition) is 3. The summed E-state index contributed by atoms with van der Waals surface area (Å²) in [5.41, 5.74) is 2.16. The molecule has 6 heteroatoms. The molecule has 13 heavy (non-hydrogen) atoms. The van der Waals surface area contributed by atoms with Crippen molar-refractivity contribution >= 4 is 11.8 Å². The van der Waals surface area contributed by atoms with Gasteiger partial charge in [0.15, 0.2) is 0 Å². The average Bonchev–Trinajstić information content (AvgIpc) is 2.48. The molecule has 1 fully saturated rings. The van der Waals surface area contributed by atoms with Gasteiger partial charge in [0.25, 0.3) is 5.91 Å². The molecule has 0 bridgehead atoms. The Morgan fingerprint density at radius 3 is 3.08 bits per heavy atom. The molecule has 1 rings (SSSR count). The van der Waals surface area contributed by atoms with Crippen LogP contribution >= 0.6 is 0 Å². The fraction of sp³-hybridized carbons (Fsp3) is 0.714. The summed E-state index contributed by atoms with van der Waals surface area (Å²) in [6.45, 7) is 0.797. The van der Waals surface area contributed by atoms with Crippen LogP contribution in [0.4, 0.5) is 0 Å². The quantitative estimate of drug-likeness (QED) is 0.482. The number of nitrogens with one attached hydrogen (secondary N) is 3. The molecule has 1 saturated heterocycles. The van der Waals surface area contributed by atoms with E-state index >= 15 is 0 Å². The Morgan fingerprint density at radius 1 is 1.77 bits per heavy atom. The van der Waals surface area contributed by atoms with Crippen molar-refractivity contribution in [1.82, 2.24) is 16.1 Å². The minimum atomic E-state index is -0.538. The maximum Gasteiger partial charge on any atom is 0.268 e. The second-order valence-corrected chi connectivity index (χ2v) is 2.75. The van der Waals surface area contributed by atoms with Gasteiger partial charge in [-0.2, -0.15) is 0 Å². The smallest absolute Gasteiger partial charge is 0.268 e. The van der Waals surface area contributed by atoms with Crippen molar-refractivity contribution in [2.45, 2.75) is 12.5 Å². The molecule has 6 nitrogen and oxygen atoms in total. The lowest BCUT2D eigenvalue weighted by Gasteiger charge is -2.07. The number of hydroxylamine groups is 1. The second-order valence-electron chi connectivity index (χ2n) is 2.75. The van der Waals surface area contributed by atoms with Crippen LogP contribution < -0.4 is 16.1 Å². The van der Waals surface area contributed by atoms with E-state index in [1.807, 2.05) is 0 Å². The van der Waals surface area contributed by atoms with Crippen molar-refractivity contribution in [3.05, 3.63) is 0 Å². The molecule has 0 spiro atoms. The van der Waals surface area contributed by atoms with E-state index in [0.717, 1.165) is 0 Å². The Morgan fingerprint density at radius 2 is 2.54 bits per heavy atom. The van der Waals surface area contributed by atoms with Crippen molar-refractivity contribution in [1.29, 1.82) is 0 Å². The standard InChI is InChI=1S/C7H13N3O3/c1-8-3-2-6(11)9-5-4-13-10-7(5)12/h5,8H,2-4H2,1H3,(H,9,11)(H,10,12)/t5-/m1/s1.